The molecule has 27 heavy (non-hydrogen) atoms. The van der Waals surface area contributed by atoms with Gasteiger partial charge in [-0.3, -0.25) is 13.9 Å². The van der Waals surface area contributed by atoms with Gasteiger partial charge in [-0.2, -0.15) is 0 Å². The number of benzene rings is 2. The van der Waals surface area contributed by atoms with Gasteiger partial charge in [0, 0.05) is 10.5 Å². The predicted octanol–water partition coefficient (Wildman–Crippen LogP) is 4.79. The summed E-state index contributed by atoms with van der Waals surface area (Å²) in [5.41, 5.74) is 2.58. The normalized spacial score (nSPS) is 15.3. The topological polar surface area (TPSA) is 44.0 Å². The van der Waals surface area contributed by atoms with Crippen LogP contribution in [0.15, 0.2) is 56.5 Å². The minimum Gasteiger partial charge on any atom is -0.289 e. The van der Waals surface area contributed by atoms with E-state index in [1.807, 2.05) is 37.3 Å². The van der Waals surface area contributed by atoms with Crippen LogP contribution in [0.3, 0.4) is 0 Å². The molecule has 1 saturated carbocycles. The van der Waals surface area contributed by atoms with Crippen LogP contribution in [-0.4, -0.2) is 9.13 Å². The molecule has 0 spiro atoms. The predicted molar refractivity (Wildman–Crippen MR) is 113 cm³/mol. The van der Waals surface area contributed by atoms with Gasteiger partial charge in [-0.15, -0.1) is 0 Å². The lowest BCUT2D eigenvalue weighted by molar-refractivity contribution is 0.333. The van der Waals surface area contributed by atoms with Crippen LogP contribution < -0.4 is 11.2 Å². The van der Waals surface area contributed by atoms with Gasteiger partial charge in [-0.25, -0.2) is 4.79 Å². The van der Waals surface area contributed by atoms with Crippen LogP contribution in [0.4, 0.5) is 0 Å². The molecule has 140 valence electrons. The van der Waals surface area contributed by atoms with Crippen LogP contribution in [0.2, 0.25) is 0 Å². The van der Waals surface area contributed by atoms with Crippen molar-refractivity contribution in [1.82, 2.24) is 9.13 Å². The van der Waals surface area contributed by atoms with E-state index in [0.29, 0.717) is 17.4 Å². The Morgan fingerprint density at radius 2 is 1.70 bits per heavy atom. The highest BCUT2D eigenvalue weighted by atomic mass is 79.9. The highest BCUT2D eigenvalue weighted by molar-refractivity contribution is 9.10. The number of hydrogen-bond donors (Lipinski definition) is 0. The van der Waals surface area contributed by atoms with Gasteiger partial charge in [-0.1, -0.05) is 65.0 Å². The second-order valence-corrected chi connectivity index (χ2v) is 8.40. The van der Waals surface area contributed by atoms with Gasteiger partial charge >= 0.3 is 5.69 Å². The van der Waals surface area contributed by atoms with Gasteiger partial charge in [0.1, 0.15) is 0 Å². The summed E-state index contributed by atoms with van der Waals surface area (Å²) in [6.07, 6.45) is 5.14. The van der Waals surface area contributed by atoms with E-state index in [-0.39, 0.29) is 17.3 Å². The number of aromatic nitrogens is 2. The molecular formula is C22H23BrN2O2. The fourth-order valence-corrected chi connectivity index (χ4v) is 4.42. The largest absolute Gasteiger partial charge is 0.332 e. The summed E-state index contributed by atoms with van der Waals surface area (Å²) in [5, 5.41) is 0.599. The van der Waals surface area contributed by atoms with Crippen LogP contribution >= 0.6 is 15.9 Å². The second kappa shape index (κ2) is 7.47. The SMILES string of the molecule is Cc1ccc(Cn2c(=O)n(C3CCCCC3)c(=O)c3cc(Br)ccc32)cc1. The van der Waals surface area contributed by atoms with Crippen molar-refractivity contribution in [3.8, 4) is 0 Å². The molecule has 1 fully saturated rings. The van der Waals surface area contributed by atoms with Crippen molar-refractivity contribution in [1.29, 1.82) is 0 Å². The zero-order valence-electron chi connectivity index (χ0n) is 15.5. The lowest BCUT2D eigenvalue weighted by Gasteiger charge is -2.25. The first-order chi connectivity index (χ1) is 13.0. The molecule has 3 aromatic rings. The van der Waals surface area contributed by atoms with Crippen LogP contribution in [0.1, 0.15) is 49.3 Å². The zero-order chi connectivity index (χ0) is 19.0. The number of halogens is 1. The molecule has 0 atom stereocenters. The molecule has 0 bridgehead atoms. The number of aryl methyl sites for hydroxylation is 1. The molecule has 1 heterocycles. The Bertz CT molecular complexity index is 1090. The summed E-state index contributed by atoms with van der Waals surface area (Å²) < 4.78 is 4.12. The average Bonchev–Trinajstić information content (AvgIpc) is 2.68. The van der Waals surface area contributed by atoms with E-state index in [1.165, 1.54) is 16.6 Å². The fourth-order valence-electron chi connectivity index (χ4n) is 4.05. The Kier molecular flexibility index (Phi) is 5.04. The first kappa shape index (κ1) is 18.2. The van der Waals surface area contributed by atoms with Crippen molar-refractivity contribution in [2.75, 3.05) is 0 Å². The third kappa shape index (κ3) is 3.53. The number of hydrogen-bond acceptors (Lipinski definition) is 2. The molecule has 0 radical (unpaired) electrons. The highest BCUT2D eigenvalue weighted by Crippen LogP contribution is 2.27. The molecule has 4 nitrogen and oxygen atoms in total. The summed E-state index contributed by atoms with van der Waals surface area (Å²) >= 11 is 3.47. The van der Waals surface area contributed by atoms with E-state index in [1.54, 1.807) is 4.57 Å². The molecule has 1 aromatic heterocycles. The van der Waals surface area contributed by atoms with Crippen molar-refractivity contribution < 1.29 is 0 Å². The lowest BCUT2D eigenvalue weighted by atomic mass is 9.95. The van der Waals surface area contributed by atoms with Crippen molar-refractivity contribution in [2.24, 2.45) is 0 Å². The maximum Gasteiger partial charge on any atom is 0.332 e. The van der Waals surface area contributed by atoms with E-state index in [9.17, 15) is 9.59 Å². The number of nitrogens with zero attached hydrogens (tertiary/aromatic N) is 2. The van der Waals surface area contributed by atoms with Gasteiger partial charge in [-0.05, 0) is 43.5 Å². The third-order valence-electron chi connectivity index (χ3n) is 5.54. The monoisotopic (exact) mass is 426 g/mol. The van der Waals surface area contributed by atoms with Gasteiger partial charge < -0.3 is 0 Å². The van der Waals surface area contributed by atoms with Crippen molar-refractivity contribution in [2.45, 2.75) is 51.6 Å². The Morgan fingerprint density at radius 1 is 1.00 bits per heavy atom. The molecular weight excluding hydrogens is 404 g/mol. The van der Waals surface area contributed by atoms with Gasteiger partial charge in [0.25, 0.3) is 5.56 Å². The van der Waals surface area contributed by atoms with Crippen LogP contribution in [0.5, 0.6) is 0 Å². The minimum absolute atomic E-state index is 0.00593. The standard InChI is InChI=1S/C22H23BrN2O2/c1-15-7-9-16(10-8-15)14-24-20-12-11-17(23)13-19(20)21(26)25(22(24)27)18-5-3-2-4-6-18/h7-13,18H,2-6,14H2,1H3. The third-order valence-corrected chi connectivity index (χ3v) is 6.03. The quantitative estimate of drug-likeness (QED) is 0.604. The molecule has 0 amide bonds. The molecule has 2 aromatic carbocycles. The number of fused-ring (bicyclic) bond motifs is 1. The van der Waals surface area contributed by atoms with Crippen molar-refractivity contribution in [3.05, 3.63) is 78.9 Å². The summed E-state index contributed by atoms with van der Waals surface area (Å²) in [5.74, 6) is 0. The summed E-state index contributed by atoms with van der Waals surface area (Å²) in [4.78, 5) is 26.6. The highest BCUT2D eigenvalue weighted by Gasteiger charge is 2.22. The van der Waals surface area contributed by atoms with Crippen LogP contribution in [-0.2, 0) is 6.54 Å². The Morgan fingerprint density at radius 3 is 2.41 bits per heavy atom. The smallest absolute Gasteiger partial charge is 0.289 e. The molecule has 4 rings (SSSR count). The molecule has 1 aliphatic carbocycles. The minimum atomic E-state index is -0.192. The van der Waals surface area contributed by atoms with Crippen LogP contribution in [0.25, 0.3) is 10.9 Å². The van der Waals surface area contributed by atoms with E-state index < -0.39 is 0 Å². The van der Waals surface area contributed by atoms with Crippen molar-refractivity contribution >= 4 is 26.8 Å². The van der Waals surface area contributed by atoms with E-state index in [2.05, 4.69) is 28.1 Å². The van der Waals surface area contributed by atoms with Gasteiger partial charge in [0.05, 0.1) is 17.4 Å². The summed E-state index contributed by atoms with van der Waals surface area (Å²) in [6, 6.07) is 13.8. The summed E-state index contributed by atoms with van der Waals surface area (Å²) in [7, 11) is 0. The van der Waals surface area contributed by atoms with Gasteiger partial charge in [0.15, 0.2) is 0 Å². The molecule has 0 unspecified atom stereocenters. The molecule has 0 saturated heterocycles. The van der Waals surface area contributed by atoms with Crippen molar-refractivity contribution in [3.63, 3.8) is 0 Å². The fraction of sp³-hybridized carbons (Fsp3) is 0.364. The Labute approximate surface area is 166 Å². The Hall–Kier alpha value is -2.14. The maximum absolute atomic E-state index is 13.4. The molecule has 5 heteroatoms. The van der Waals surface area contributed by atoms with Gasteiger partial charge in [0.2, 0.25) is 0 Å². The van der Waals surface area contributed by atoms with Crippen LogP contribution in [0, 0.1) is 6.92 Å². The Balaban J connectivity index is 1.94. The molecule has 0 N–H and O–H groups in total. The lowest BCUT2D eigenvalue weighted by Crippen LogP contribution is -2.43. The average molecular weight is 427 g/mol. The molecule has 0 aliphatic heterocycles. The first-order valence-corrected chi connectivity index (χ1v) is 10.3. The van der Waals surface area contributed by atoms with E-state index in [0.717, 1.165) is 35.7 Å². The van der Waals surface area contributed by atoms with E-state index in [4.69, 9.17) is 0 Å². The second-order valence-electron chi connectivity index (χ2n) is 7.48. The summed E-state index contributed by atoms with van der Waals surface area (Å²) in [6.45, 7) is 2.51. The number of rotatable bonds is 3. The molecule has 1 aliphatic rings. The first-order valence-electron chi connectivity index (χ1n) is 9.55. The maximum atomic E-state index is 13.4. The van der Waals surface area contributed by atoms with E-state index >= 15 is 0 Å². The zero-order valence-corrected chi connectivity index (χ0v) is 17.0.